The third kappa shape index (κ3) is 4.63. The van der Waals surface area contributed by atoms with Crippen molar-refractivity contribution in [2.45, 2.75) is 59.3 Å². The molecule has 0 amide bonds. The number of carbonyl (C=O) groups is 1. The smallest absolute Gasteiger partial charge is 0.308 e. The molecule has 0 unspecified atom stereocenters. The number of hydrogen-bond donors (Lipinski definition) is 0. The minimum atomic E-state index is -0.356. The Hall–Kier alpha value is -3.39. The van der Waals surface area contributed by atoms with E-state index in [9.17, 15) is 9.59 Å². The van der Waals surface area contributed by atoms with Gasteiger partial charge in [-0.25, -0.2) is 0 Å². The molecule has 8 heteroatoms. The minimum absolute atomic E-state index is 0.216. The number of ether oxygens (including phenoxy) is 1. The first-order valence-electron chi connectivity index (χ1n) is 11.0. The van der Waals surface area contributed by atoms with Crippen LogP contribution in [-0.2, 0) is 15.6 Å². The Bertz CT molecular complexity index is 1450. The third-order valence-electron chi connectivity index (χ3n) is 5.39. The Morgan fingerprint density at radius 2 is 1.62 bits per heavy atom. The van der Waals surface area contributed by atoms with Gasteiger partial charge in [0.05, 0.1) is 4.53 Å². The number of carbonyl (C=O) groups excluding carboxylic acids is 1. The highest BCUT2D eigenvalue weighted by Gasteiger charge is 2.28. The Labute approximate surface area is 202 Å². The van der Waals surface area contributed by atoms with Crippen molar-refractivity contribution in [2.24, 2.45) is 0 Å². The van der Waals surface area contributed by atoms with Gasteiger partial charge in [0.2, 0.25) is 4.96 Å². The van der Waals surface area contributed by atoms with Gasteiger partial charge in [-0.3, -0.25) is 14.6 Å². The standard InChI is InChI=1S/C26H28N4O3S/c1-15(31)33-21-18(25(2,3)4)12-16(13-19(21)26(5,6)7)14-20-23(32)30-24(34-20)28-22(29-30)17-8-10-27-11-9-17/h8-14H,1-7H3. The summed E-state index contributed by atoms with van der Waals surface area (Å²) >= 11 is 1.30. The quantitative estimate of drug-likeness (QED) is 0.324. The summed E-state index contributed by atoms with van der Waals surface area (Å²) in [4.78, 5) is 34.1. The Kier molecular flexibility index (Phi) is 5.89. The highest BCUT2D eigenvalue weighted by Crippen LogP contribution is 2.41. The van der Waals surface area contributed by atoms with Gasteiger partial charge >= 0.3 is 5.97 Å². The number of esters is 1. The highest BCUT2D eigenvalue weighted by atomic mass is 32.1. The van der Waals surface area contributed by atoms with E-state index < -0.39 is 0 Å². The topological polar surface area (TPSA) is 86.4 Å². The monoisotopic (exact) mass is 476 g/mol. The second-order valence-electron chi connectivity index (χ2n) is 10.3. The van der Waals surface area contributed by atoms with Gasteiger partial charge in [-0.05, 0) is 46.7 Å². The Morgan fingerprint density at radius 1 is 1.03 bits per heavy atom. The second-order valence-corrected chi connectivity index (χ2v) is 11.3. The number of aromatic nitrogens is 4. The van der Waals surface area contributed by atoms with Crippen molar-refractivity contribution >= 4 is 28.3 Å². The first-order valence-corrected chi connectivity index (χ1v) is 11.9. The molecule has 4 rings (SSSR count). The van der Waals surface area contributed by atoms with Crippen LogP contribution in [0.4, 0.5) is 0 Å². The average molecular weight is 477 g/mol. The molecular formula is C26H28N4O3S. The van der Waals surface area contributed by atoms with E-state index in [2.05, 4.69) is 56.6 Å². The van der Waals surface area contributed by atoms with Gasteiger partial charge in [-0.1, -0.05) is 52.9 Å². The number of nitrogens with zero attached hydrogens (tertiary/aromatic N) is 4. The summed E-state index contributed by atoms with van der Waals surface area (Å²) in [7, 11) is 0. The van der Waals surface area contributed by atoms with Gasteiger partial charge in [-0.15, -0.1) is 5.10 Å². The second kappa shape index (κ2) is 8.43. The van der Waals surface area contributed by atoms with Crippen molar-refractivity contribution in [3.05, 3.63) is 68.2 Å². The zero-order valence-electron chi connectivity index (χ0n) is 20.5. The normalized spacial score (nSPS) is 13.0. The SMILES string of the molecule is CC(=O)Oc1c(C(C)(C)C)cc(C=c2sc3nc(-c4ccncc4)nn3c2=O)cc1C(C)(C)C. The molecule has 4 aromatic rings. The molecule has 0 radical (unpaired) electrons. The lowest BCUT2D eigenvalue weighted by molar-refractivity contribution is -0.132. The van der Waals surface area contributed by atoms with Crippen LogP contribution in [-0.4, -0.2) is 25.6 Å². The number of rotatable bonds is 3. The third-order valence-corrected chi connectivity index (χ3v) is 6.35. The molecule has 0 bridgehead atoms. The van der Waals surface area contributed by atoms with E-state index in [4.69, 9.17) is 4.74 Å². The van der Waals surface area contributed by atoms with E-state index >= 15 is 0 Å². The first kappa shape index (κ1) is 23.8. The summed E-state index contributed by atoms with van der Waals surface area (Å²) in [5.74, 6) is 0.731. The lowest BCUT2D eigenvalue weighted by Gasteiger charge is -2.29. The van der Waals surface area contributed by atoms with Crippen molar-refractivity contribution in [3.8, 4) is 17.1 Å². The first-order chi connectivity index (χ1) is 15.8. The summed E-state index contributed by atoms with van der Waals surface area (Å²) in [6, 6.07) is 7.60. The molecule has 0 saturated carbocycles. The molecule has 0 atom stereocenters. The summed E-state index contributed by atoms with van der Waals surface area (Å²) in [5.41, 5.74) is 2.72. The van der Waals surface area contributed by atoms with Crippen LogP contribution in [0.15, 0.2) is 41.5 Å². The average Bonchev–Trinajstić information content (AvgIpc) is 3.27. The van der Waals surface area contributed by atoms with Crippen molar-refractivity contribution in [2.75, 3.05) is 0 Å². The van der Waals surface area contributed by atoms with E-state index in [-0.39, 0.29) is 22.4 Å². The van der Waals surface area contributed by atoms with Gasteiger partial charge in [-0.2, -0.15) is 9.50 Å². The van der Waals surface area contributed by atoms with Crippen LogP contribution in [0.1, 0.15) is 65.2 Å². The zero-order chi connectivity index (χ0) is 24.8. The number of fused-ring (bicyclic) bond motifs is 1. The van der Waals surface area contributed by atoms with Gasteiger partial charge in [0.1, 0.15) is 5.75 Å². The van der Waals surface area contributed by atoms with Gasteiger partial charge in [0.25, 0.3) is 5.56 Å². The number of thiazole rings is 1. The largest absolute Gasteiger partial charge is 0.426 e. The molecule has 0 saturated heterocycles. The van der Waals surface area contributed by atoms with E-state index in [0.29, 0.717) is 21.1 Å². The lowest BCUT2D eigenvalue weighted by Crippen LogP contribution is -2.24. The lowest BCUT2D eigenvalue weighted by atomic mass is 9.78. The summed E-state index contributed by atoms with van der Waals surface area (Å²) in [6.07, 6.45) is 5.19. The van der Waals surface area contributed by atoms with Crippen LogP contribution in [0.25, 0.3) is 22.4 Å². The molecule has 0 spiro atoms. The molecule has 34 heavy (non-hydrogen) atoms. The van der Waals surface area contributed by atoms with E-state index in [0.717, 1.165) is 22.3 Å². The molecule has 0 aliphatic heterocycles. The highest BCUT2D eigenvalue weighted by molar-refractivity contribution is 7.15. The molecule has 0 fully saturated rings. The maximum Gasteiger partial charge on any atom is 0.308 e. The predicted molar refractivity (Wildman–Crippen MR) is 134 cm³/mol. The van der Waals surface area contributed by atoms with E-state index in [1.165, 1.54) is 22.8 Å². The van der Waals surface area contributed by atoms with Crippen molar-refractivity contribution < 1.29 is 9.53 Å². The van der Waals surface area contributed by atoms with Gasteiger partial charge in [0.15, 0.2) is 5.82 Å². The molecule has 0 N–H and O–H groups in total. The number of hydrogen-bond acceptors (Lipinski definition) is 7. The van der Waals surface area contributed by atoms with Crippen molar-refractivity contribution in [1.82, 2.24) is 19.6 Å². The molecule has 176 valence electrons. The molecule has 0 aliphatic carbocycles. The van der Waals surface area contributed by atoms with Crippen molar-refractivity contribution in [3.63, 3.8) is 0 Å². The van der Waals surface area contributed by atoms with Crippen LogP contribution >= 0.6 is 11.3 Å². The van der Waals surface area contributed by atoms with Crippen LogP contribution in [0.2, 0.25) is 0 Å². The van der Waals surface area contributed by atoms with Crippen molar-refractivity contribution in [1.29, 1.82) is 0 Å². The zero-order valence-corrected chi connectivity index (χ0v) is 21.3. The summed E-state index contributed by atoms with van der Waals surface area (Å²) < 4.78 is 7.59. The molecule has 0 aliphatic rings. The molecule has 3 aromatic heterocycles. The summed E-state index contributed by atoms with van der Waals surface area (Å²) in [5, 5.41) is 4.40. The fourth-order valence-corrected chi connectivity index (χ4v) is 4.62. The van der Waals surface area contributed by atoms with Crippen LogP contribution in [0.5, 0.6) is 5.75 Å². The van der Waals surface area contributed by atoms with Gasteiger partial charge < -0.3 is 4.74 Å². The van der Waals surface area contributed by atoms with E-state index in [1.807, 2.05) is 30.3 Å². The van der Waals surface area contributed by atoms with Crippen LogP contribution in [0, 0.1) is 0 Å². The Morgan fingerprint density at radius 3 is 2.12 bits per heavy atom. The van der Waals surface area contributed by atoms with Crippen LogP contribution in [0.3, 0.4) is 0 Å². The van der Waals surface area contributed by atoms with E-state index in [1.54, 1.807) is 12.4 Å². The van der Waals surface area contributed by atoms with Gasteiger partial charge in [0, 0.05) is 36.0 Å². The maximum atomic E-state index is 13.1. The minimum Gasteiger partial charge on any atom is -0.426 e. The molecule has 7 nitrogen and oxygen atoms in total. The molecule has 1 aromatic carbocycles. The summed E-state index contributed by atoms with van der Waals surface area (Å²) in [6.45, 7) is 13.9. The fourth-order valence-electron chi connectivity index (χ4n) is 3.71. The fraction of sp³-hybridized carbons (Fsp3) is 0.346. The number of pyridine rings is 1. The van der Waals surface area contributed by atoms with Crippen LogP contribution < -0.4 is 14.8 Å². The maximum absolute atomic E-state index is 13.1. The molecule has 3 heterocycles. The Balaban J connectivity index is 1.90. The number of benzene rings is 1. The molecular weight excluding hydrogens is 448 g/mol. The predicted octanol–water partition coefficient (Wildman–Crippen LogP) is 4.28.